The van der Waals surface area contributed by atoms with Crippen LogP contribution in [0.2, 0.25) is 0 Å². The van der Waals surface area contributed by atoms with Crippen molar-refractivity contribution in [3.05, 3.63) is 36.2 Å². The minimum atomic E-state index is -0.327. The van der Waals surface area contributed by atoms with E-state index in [0.717, 1.165) is 49.5 Å². The third-order valence-corrected chi connectivity index (χ3v) is 4.69. The zero-order chi connectivity index (χ0) is 16.4. The molecule has 24 heavy (non-hydrogen) atoms. The van der Waals surface area contributed by atoms with E-state index < -0.39 is 0 Å². The fraction of sp³-hybridized carbons (Fsp3) is 0.500. The quantitative estimate of drug-likeness (QED) is 0.859. The molecule has 2 aliphatic heterocycles. The second kappa shape index (κ2) is 6.55. The molecule has 1 spiro atoms. The Balaban J connectivity index is 1.39. The first-order valence-electron chi connectivity index (χ1n) is 8.35. The molecule has 0 bridgehead atoms. The van der Waals surface area contributed by atoms with Crippen molar-refractivity contribution in [1.82, 2.24) is 9.88 Å². The summed E-state index contributed by atoms with van der Waals surface area (Å²) in [5.74, 6) is 1.09. The van der Waals surface area contributed by atoms with Gasteiger partial charge in [-0.2, -0.15) is 0 Å². The number of oxazole rings is 1. The van der Waals surface area contributed by atoms with E-state index in [-0.39, 0.29) is 5.79 Å². The fourth-order valence-electron chi connectivity index (χ4n) is 3.33. The van der Waals surface area contributed by atoms with Crippen LogP contribution < -0.4 is 4.74 Å². The molecule has 3 heterocycles. The largest absolute Gasteiger partial charge is 0.497 e. The highest BCUT2D eigenvalue weighted by molar-refractivity contribution is 5.55. The van der Waals surface area contributed by atoms with Gasteiger partial charge in [0.05, 0.1) is 26.0 Å². The maximum atomic E-state index is 5.77. The predicted molar refractivity (Wildman–Crippen MR) is 87.6 cm³/mol. The molecule has 0 atom stereocenters. The molecule has 0 radical (unpaired) electrons. The van der Waals surface area contributed by atoms with Crippen molar-refractivity contribution >= 4 is 0 Å². The van der Waals surface area contributed by atoms with E-state index in [2.05, 4.69) is 9.88 Å². The van der Waals surface area contributed by atoms with Crippen molar-refractivity contribution in [3.63, 3.8) is 0 Å². The van der Waals surface area contributed by atoms with Crippen LogP contribution in [0.25, 0.3) is 11.5 Å². The summed E-state index contributed by atoms with van der Waals surface area (Å²) in [5.41, 5.74) is 1.86. The highest BCUT2D eigenvalue weighted by Gasteiger charge is 2.39. The predicted octanol–water partition coefficient (Wildman–Crippen LogP) is 2.69. The molecule has 6 nitrogen and oxygen atoms in total. The summed E-state index contributed by atoms with van der Waals surface area (Å²) < 4.78 is 22.4. The summed E-state index contributed by atoms with van der Waals surface area (Å²) in [7, 11) is 1.65. The average molecular weight is 330 g/mol. The molecule has 0 saturated carbocycles. The van der Waals surface area contributed by atoms with Gasteiger partial charge in [-0.3, -0.25) is 4.90 Å². The lowest BCUT2D eigenvalue weighted by atomic mass is 10.0. The third-order valence-electron chi connectivity index (χ3n) is 4.69. The Bertz CT molecular complexity index is 684. The lowest BCUT2D eigenvalue weighted by Crippen LogP contribution is -2.44. The molecule has 1 aromatic heterocycles. The Labute approximate surface area is 141 Å². The van der Waals surface area contributed by atoms with Gasteiger partial charge in [-0.05, 0) is 18.2 Å². The zero-order valence-corrected chi connectivity index (χ0v) is 13.9. The van der Waals surface area contributed by atoms with Crippen LogP contribution in [0.1, 0.15) is 18.5 Å². The molecule has 2 saturated heterocycles. The summed E-state index contributed by atoms with van der Waals surface area (Å²) in [6.07, 6.45) is 3.56. The number of methoxy groups -OCH3 is 1. The van der Waals surface area contributed by atoms with Crippen molar-refractivity contribution in [2.45, 2.75) is 25.2 Å². The van der Waals surface area contributed by atoms with Crippen LogP contribution in [0.5, 0.6) is 5.75 Å². The molecule has 2 aliphatic rings. The molecule has 0 aliphatic carbocycles. The Morgan fingerprint density at radius 3 is 2.75 bits per heavy atom. The van der Waals surface area contributed by atoms with E-state index >= 15 is 0 Å². The van der Waals surface area contributed by atoms with Crippen molar-refractivity contribution in [1.29, 1.82) is 0 Å². The van der Waals surface area contributed by atoms with Gasteiger partial charge >= 0.3 is 0 Å². The van der Waals surface area contributed by atoms with E-state index in [1.165, 1.54) is 0 Å². The number of ether oxygens (including phenoxy) is 3. The van der Waals surface area contributed by atoms with Crippen LogP contribution in [0, 0.1) is 0 Å². The van der Waals surface area contributed by atoms with Gasteiger partial charge in [0, 0.05) is 38.0 Å². The Morgan fingerprint density at radius 1 is 1.21 bits per heavy atom. The number of piperidine rings is 1. The molecule has 128 valence electrons. The van der Waals surface area contributed by atoms with Crippen LogP contribution in [-0.2, 0) is 16.0 Å². The van der Waals surface area contributed by atoms with Crippen molar-refractivity contribution in [2.75, 3.05) is 33.4 Å². The SMILES string of the molecule is COc1cccc(-c2nc(CN3CCC4(CC3)OCCO4)co2)c1. The summed E-state index contributed by atoms with van der Waals surface area (Å²) in [6, 6.07) is 7.74. The molecule has 2 aromatic rings. The number of benzene rings is 1. The van der Waals surface area contributed by atoms with Gasteiger partial charge in [0.15, 0.2) is 5.79 Å². The normalized spacial score (nSPS) is 20.5. The van der Waals surface area contributed by atoms with Gasteiger partial charge in [0.1, 0.15) is 12.0 Å². The number of likely N-dealkylation sites (tertiary alicyclic amines) is 1. The molecule has 0 unspecified atom stereocenters. The summed E-state index contributed by atoms with van der Waals surface area (Å²) >= 11 is 0. The lowest BCUT2D eigenvalue weighted by Gasteiger charge is -2.37. The first-order valence-corrected chi connectivity index (χ1v) is 8.35. The van der Waals surface area contributed by atoms with Gasteiger partial charge in [0.25, 0.3) is 0 Å². The van der Waals surface area contributed by atoms with Crippen LogP contribution in [-0.4, -0.2) is 49.1 Å². The summed E-state index contributed by atoms with van der Waals surface area (Å²) in [6.45, 7) is 4.10. The van der Waals surface area contributed by atoms with Gasteiger partial charge < -0.3 is 18.6 Å². The van der Waals surface area contributed by atoms with E-state index in [4.69, 9.17) is 18.6 Å². The van der Waals surface area contributed by atoms with Gasteiger partial charge in [-0.25, -0.2) is 4.98 Å². The zero-order valence-electron chi connectivity index (χ0n) is 13.9. The highest BCUT2D eigenvalue weighted by atomic mass is 16.7. The Morgan fingerprint density at radius 2 is 2.00 bits per heavy atom. The molecule has 0 amide bonds. The van der Waals surface area contributed by atoms with E-state index in [9.17, 15) is 0 Å². The molecule has 1 aromatic carbocycles. The van der Waals surface area contributed by atoms with Crippen LogP contribution in [0.3, 0.4) is 0 Å². The van der Waals surface area contributed by atoms with Crippen molar-refractivity contribution in [3.8, 4) is 17.2 Å². The van der Waals surface area contributed by atoms with Gasteiger partial charge in [0.2, 0.25) is 5.89 Å². The topological polar surface area (TPSA) is 57.0 Å². The number of nitrogens with zero attached hydrogens (tertiary/aromatic N) is 2. The highest BCUT2D eigenvalue weighted by Crippen LogP contribution is 2.32. The second-order valence-electron chi connectivity index (χ2n) is 6.26. The minimum absolute atomic E-state index is 0.327. The molecular weight excluding hydrogens is 308 g/mol. The number of hydrogen-bond acceptors (Lipinski definition) is 6. The standard InChI is InChI=1S/C18H22N2O4/c1-21-16-4-2-3-14(11-16)17-19-15(13-22-17)12-20-7-5-18(6-8-20)23-9-10-24-18/h2-4,11,13H,5-10,12H2,1H3. The maximum absolute atomic E-state index is 5.77. The minimum Gasteiger partial charge on any atom is -0.497 e. The van der Waals surface area contributed by atoms with Crippen LogP contribution >= 0.6 is 0 Å². The van der Waals surface area contributed by atoms with Gasteiger partial charge in [-0.1, -0.05) is 6.07 Å². The van der Waals surface area contributed by atoms with Crippen molar-refractivity contribution in [2.24, 2.45) is 0 Å². The first kappa shape index (κ1) is 15.6. The third kappa shape index (κ3) is 3.17. The number of hydrogen-bond donors (Lipinski definition) is 0. The molecule has 0 N–H and O–H groups in total. The van der Waals surface area contributed by atoms with Gasteiger partial charge in [-0.15, -0.1) is 0 Å². The maximum Gasteiger partial charge on any atom is 0.226 e. The summed E-state index contributed by atoms with van der Waals surface area (Å²) in [5, 5.41) is 0. The molecular formula is C18H22N2O4. The molecule has 2 fully saturated rings. The van der Waals surface area contributed by atoms with E-state index in [1.54, 1.807) is 13.4 Å². The smallest absolute Gasteiger partial charge is 0.226 e. The molecule has 4 rings (SSSR count). The number of aromatic nitrogens is 1. The fourth-order valence-corrected chi connectivity index (χ4v) is 3.33. The average Bonchev–Trinajstić information content (AvgIpc) is 3.27. The van der Waals surface area contributed by atoms with Crippen LogP contribution in [0.15, 0.2) is 34.9 Å². The second-order valence-corrected chi connectivity index (χ2v) is 6.26. The molecule has 6 heteroatoms. The van der Waals surface area contributed by atoms with E-state index in [0.29, 0.717) is 19.1 Å². The lowest BCUT2D eigenvalue weighted by molar-refractivity contribution is -0.185. The number of rotatable bonds is 4. The van der Waals surface area contributed by atoms with Crippen molar-refractivity contribution < 1.29 is 18.6 Å². The Kier molecular flexibility index (Phi) is 4.26. The first-order chi connectivity index (χ1) is 11.8. The Hall–Kier alpha value is -1.89. The monoisotopic (exact) mass is 330 g/mol. The van der Waals surface area contributed by atoms with E-state index in [1.807, 2.05) is 24.3 Å². The van der Waals surface area contributed by atoms with Crippen LogP contribution in [0.4, 0.5) is 0 Å². The summed E-state index contributed by atoms with van der Waals surface area (Å²) in [4.78, 5) is 6.98.